The van der Waals surface area contributed by atoms with Crippen LogP contribution in [0.2, 0.25) is 0 Å². The molecule has 1 heterocycles. The molecule has 1 aliphatic rings. The van der Waals surface area contributed by atoms with Gasteiger partial charge >= 0.3 is 0 Å². The van der Waals surface area contributed by atoms with Crippen LogP contribution in [0.15, 0.2) is 28.5 Å². The van der Waals surface area contributed by atoms with E-state index < -0.39 is 15.7 Å². The Morgan fingerprint density at radius 2 is 2.07 bits per heavy atom. The molecule has 1 aromatic carbocycles. The Morgan fingerprint density at radius 3 is 2.73 bits per heavy atom. The monoisotopic (exact) mass is 228 g/mol. The molecule has 80 valence electrons. The summed E-state index contributed by atoms with van der Waals surface area (Å²) >= 11 is 0. The van der Waals surface area contributed by atoms with Crippen LogP contribution in [0.5, 0.6) is 0 Å². The van der Waals surface area contributed by atoms with Crippen LogP contribution in [0.25, 0.3) is 5.57 Å². The van der Waals surface area contributed by atoms with Crippen LogP contribution in [0.1, 0.15) is 12.0 Å². The zero-order valence-electron chi connectivity index (χ0n) is 7.77. The van der Waals surface area contributed by atoms with Gasteiger partial charge in [-0.3, -0.25) is 0 Å². The Kier molecular flexibility index (Phi) is 2.36. The van der Waals surface area contributed by atoms with Crippen molar-refractivity contribution in [1.29, 1.82) is 0 Å². The fourth-order valence-corrected chi connectivity index (χ4v) is 3.15. The molecule has 0 bridgehead atoms. The van der Waals surface area contributed by atoms with Gasteiger partial charge in [0, 0.05) is 12.0 Å². The largest absolute Gasteiger partial charge is 0.396 e. The molecule has 3 nitrogen and oxygen atoms in total. The SMILES string of the molecule is O=S1(=O)C=C(CCO)c2ccc(F)cc21. The van der Waals surface area contributed by atoms with Crippen LogP contribution in [-0.2, 0) is 9.84 Å². The normalized spacial score (nSPS) is 17.3. The van der Waals surface area contributed by atoms with E-state index in [4.69, 9.17) is 5.11 Å². The summed E-state index contributed by atoms with van der Waals surface area (Å²) in [7, 11) is -3.51. The van der Waals surface area contributed by atoms with Gasteiger partial charge < -0.3 is 5.11 Å². The minimum atomic E-state index is -3.51. The number of rotatable bonds is 2. The molecule has 0 spiro atoms. The lowest BCUT2D eigenvalue weighted by molar-refractivity contribution is 0.305. The van der Waals surface area contributed by atoms with Gasteiger partial charge in [0.1, 0.15) is 5.82 Å². The zero-order chi connectivity index (χ0) is 11.1. The van der Waals surface area contributed by atoms with Crippen LogP contribution >= 0.6 is 0 Å². The van der Waals surface area contributed by atoms with E-state index in [9.17, 15) is 12.8 Å². The van der Waals surface area contributed by atoms with E-state index >= 15 is 0 Å². The van der Waals surface area contributed by atoms with Gasteiger partial charge in [0.15, 0.2) is 0 Å². The molecule has 1 aliphatic heterocycles. The molecule has 2 rings (SSSR count). The van der Waals surface area contributed by atoms with Gasteiger partial charge in [0.05, 0.1) is 4.90 Å². The minimum absolute atomic E-state index is 0.00838. The highest BCUT2D eigenvalue weighted by Gasteiger charge is 2.26. The lowest BCUT2D eigenvalue weighted by Gasteiger charge is -2.01. The maximum absolute atomic E-state index is 12.9. The van der Waals surface area contributed by atoms with Crippen LogP contribution in [0.3, 0.4) is 0 Å². The molecule has 5 heteroatoms. The van der Waals surface area contributed by atoms with Gasteiger partial charge in [0.2, 0.25) is 9.84 Å². The van der Waals surface area contributed by atoms with Crippen LogP contribution in [0.4, 0.5) is 4.39 Å². The third kappa shape index (κ3) is 1.68. The molecule has 15 heavy (non-hydrogen) atoms. The van der Waals surface area contributed by atoms with Crippen molar-refractivity contribution < 1.29 is 17.9 Å². The van der Waals surface area contributed by atoms with Gasteiger partial charge in [-0.15, -0.1) is 0 Å². The minimum Gasteiger partial charge on any atom is -0.396 e. The molecule has 0 fully saturated rings. The van der Waals surface area contributed by atoms with Crippen molar-refractivity contribution in [2.45, 2.75) is 11.3 Å². The molecular formula is C10H9FO3S. The molecule has 0 amide bonds. The summed E-state index contributed by atoms with van der Waals surface area (Å²) in [6.45, 7) is -0.127. The van der Waals surface area contributed by atoms with Crippen LogP contribution < -0.4 is 0 Å². The number of hydrogen-bond donors (Lipinski definition) is 1. The maximum Gasteiger partial charge on any atom is 0.200 e. The fourth-order valence-electron chi connectivity index (χ4n) is 1.63. The molecule has 0 radical (unpaired) electrons. The van der Waals surface area contributed by atoms with Crippen molar-refractivity contribution in [3.05, 3.63) is 35.0 Å². The number of aliphatic hydroxyl groups is 1. The summed E-state index contributed by atoms with van der Waals surface area (Å²) in [4.78, 5) is -0.00838. The van der Waals surface area contributed by atoms with Crippen molar-refractivity contribution in [2.24, 2.45) is 0 Å². The van der Waals surface area contributed by atoms with Crippen LogP contribution in [-0.4, -0.2) is 20.1 Å². The molecule has 0 aromatic heterocycles. The molecule has 0 atom stereocenters. The topological polar surface area (TPSA) is 54.4 Å². The number of aliphatic hydroxyl groups excluding tert-OH is 1. The number of hydrogen-bond acceptors (Lipinski definition) is 3. The van der Waals surface area contributed by atoms with Crippen molar-refractivity contribution in [3.8, 4) is 0 Å². The van der Waals surface area contributed by atoms with Gasteiger partial charge in [-0.25, -0.2) is 12.8 Å². The molecule has 0 saturated heterocycles. The van der Waals surface area contributed by atoms with E-state index in [0.717, 1.165) is 11.5 Å². The number of halogens is 1. The summed E-state index contributed by atoms with van der Waals surface area (Å²) in [6, 6.07) is 3.65. The predicted molar refractivity (Wildman–Crippen MR) is 53.3 cm³/mol. The Morgan fingerprint density at radius 1 is 1.33 bits per heavy atom. The lowest BCUT2D eigenvalue weighted by Crippen LogP contribution is -1.94. The van der Waals surface area contributed by atoms with Gasteiger partial charge in [-0.05, 0) is 29.7 Å². The number of sulfone groups is 1. The van der Waals surface area contributed by atoms with Crippen molar-refractivity contribution >= 4 is 15.4 Å². The Labute approximate surface area is 86.8 Å². The summed E-state index contributed by atoms with van der Waals surface area (Å²) in [5, 5.41) is 9.86. The molecule has 0 unspecified atom stereocenters. The average Bonchev–Trinajstić information content (AvgIpc) is 2.39. The summed E-state index contributed by atoms with van der Waals surface area (Å²) in [5.74, 6) is -0.573. The summed E-state index contributed by atoms with van der Waals surface area (Å²) < 4.78 is 36.0. The van der Waals surface area contributed by atoms with Crippen molar-refractivity contribution in [2.75, 3.05) is 6.61 Å². The van der Waals surface area contributed by atoms with E-state index in [1.54, 1.807) is 0 Å². The van der Waals surface area contributed by atoms with E-state index in [2.05, 4.69) is 0 Å². The first-order chi connectivity index (χ1) is 7.04. The van der Waals surface area contributed by atoms with Gasteiger partial charge in [0.25, 0.3) is 0 Å². The van der Waals surface area contributed by atoms with Crippen molar-refractivity contribution in [1.82, 2.24) is 0 Å². The molecular weight excluding hydrogens is 219 g/mol. The quantitative estimate of drug-likeness (QED) is 0.831. The average molecular weight is 228 g/mol. The van der Waals surface area contributed by atoms with Gasteiger partial charge in [-0.2, -0.15) is 0 Å². The molecule has 0 aliphatic carbocycles. The molecule has 0 saturated carbocycles. The van der Waals surface area contributed by atoms with E-state index in [0.29, 0.717) is 11.1 Å². The first-order valence-electron chi connectivity index (χ1n) is 4.41. The van der Waals surface area contributed by atoms with Crippen molar-refractivity contribution in [3.63, 3.8) is 0 Å². The van der Waals surface area contributed by atoms with E-state index in [1.807, 2.05) is 0 Å². The summed E-state index contributed by atoms with van der Waals surface area (Å²) in [6.07, 6.45) is 0.262. The predicted octanol–water partition coefficient (Wildman–Crippen LogP) is 1.34. The second kappa shape index (κ2) is 3.43. The van der Waals surface area contributed by atoms with Gasteiger partial charge in [-0.1, -0.05) is 6.07 Å². The zero-order valence-corrected chi connectivity index (χ0v) is 8.59. The third-order valence-corrected chi connectivity index (χ3v) is 3.82. The fraction of sp³-hybridized carbons (Fsp3) is 0.200. The smallest absolute Gasteiger partial charge is 0.200 e. The Balaban J connectivity index is 2.62. The highest BCUT2D eigenvalue weighted by atomic mass is 32.2. The number of fused-ring (bicyclic) bond motifs is 1. The molecule has 1 N–H and O–H groups in total. The summed E-state index contributed by atoms with van der Waals surface area (Å²) in [5.41, 5.74) is 1.03. The van der Waals surface area contributed by atoms with E-state index in [1.165, 1.54) is 12.1 Å². The maximum atomic E-state index is 12.9. The first kappa shape index (κ1) is 10.3. The van der Waals surface area contributed by atoms with E-state index in [-0.39, 0.29) is 17.9 Å². The second-order valence-corrected chi connectivity index (χ2v) is 5.07. The standard InChI is InChI=1S/C10H9FO3S/c11-8-1-2-9-7(3-4-12)6-15(13,14)10(9)5-8/h1-2,5-6,12H,3-4H2. The highest BCUT2D eigenvalue weighted by Crippen LogP contribution is 2.35. The highest BCUT2D eigenvalue weighted by molar-refractivity contribution is 7.95. The Hall–Kier alpha value is -1.20. The first-order valence-corrected chi connectivity index (χ1v) is 5.95. The number of benzene rings is 1. The second-order valence-electron chi connectivity index (χ2n) is 3.30. The lowest BCUT2D eigenvalue weighted by atomic mass is 10.1. The van der Waals surface area contributed by atoms with Crippen LogP contribution in [0, 0.1) is 5.82 Å². The molecule has 1 aromatic rings. The third-order valence-electron chi connectivity index (χ3n) is 2.27. The Bertz CT molecular complexity index is 532.